The third-order valence-electron chi connectivity index (χ3n) is 2.40. The van der Waals surface area contributed by atoms with Crippen molar-refractivity contribution in [2.24, 2.45) is 5.41 Å². The maximum Gasteiger partial charge on any atom is 0.226 e. The molecule has 3 nitrogen and oxygen atoms in total. The van der Waals surface area contributed by atoms with Gasteiger partial charge in [-0.3, -0.25) is 4.79 Å². The zero-order valence-corrected chi connectivity index (χ0v) is 7.34. The number of aliphatic hydroxyl groups excluding tert-OH is 1. The third-order valence-corrected chi connectivity index (χ3v) is 2.40. The summed E-state index contributed by atoms with van der Waals surface area (Å²) in [5.74, 6) is 0.0291. The molecule has 1 aliphatic heterocycles. The van der Waals surface area contributed by atoms with Gasteiger partial charge in [0.25, 0.3) is 0 Å². The van der Waals surface area contributed by atoms with Crippen molar-refractivity contribution in [3.8, 4) is 0 Å². The van der Waals surface area contributed by atoms with Crippen LogP contribution in [0.5, 0.6) is 0 Å². The molecule has 1 saturated heterocycles. The van der Waals surface area contributed by atoms with Crippen LogP contribution in [0.4, 0.5) is 0 Å². The molecule has 1 heterocycles. The van der Waals surface area contributed by atoms with Crippen LogP contribution in [0.3, 0.4) is 0 Å². The number of aliphatic hydroxyl groups is 1. The Kier molecular flexibility index (Phi) is 2.52. The highest BCUT2D eigenvalue weighted by atomic mass is 16.3. The van der Waals surface area contributed by atoms with Crippen molar-refractivity contribution < 1.29 is 9.90 Å². The lowest BCUT2D eigenvalue weighted by Gasteiger charge is -2.17. The lowest BCUT2D eigenvalue weighted by Crippen LogP contribution is -2.31. The van der Waals surface area contributed by atoms with Crippen LogP contribution in [0.15, 0.2) is 12.7 Å². The fourth-order valence-electron chi connectivity index (χ4n) is 1.65. The summed E-state index contributed by atoms with van der Waals surface area (Å²) in [7, 11) is 0. The number of nitrogens with one attached hydrogen (secondary N) is 1. The number of amides is 1. The third kappa shape index (κ3) is 1.50. The summed E-state index contributed by atoms with van der Waals surface area (Å²) in [4.78, 5) is 11.4. The normalized spacial score (nSPS) is 34.8. The summed E-state index contributed by atoms with van der Waals surface area (Å²) in [5, 5.41) is 11.6. The highest BCUT2D eigenvalue weighted by molar-refractivity contribution is 5.85. The van der Waals surface area contributed by atoms with Gasteiger partial charge in [0.15, 0.2) is 0 Å². The van der Waals surface area contributed by atoms with Gasteiger partial charge in [0.1, 0.15) is 0 Å². The zero-order valence-electron chi connectivity index (χ0n) is 7.34. The number of rotatable bonds is 3. The predicted molar refractivity (Wildman–Crippen MR) is 46.6 cm³/mol. The Hall–Kier alpha value is -0.830. The van der Waals surface area contributed by atoms with Crippen molar-refractivity contribution in [2.45, 2.75) is 25.8 Å². The molecule has 0 aromatic carbocycles. The van der Waals surface area contributed by atoms with Gasteiger partial charge in [0.2, 0.25) is 5.91 Å². The number of allylic oxidation sites excluding steroid dienone is 1. The van der Waals surface area contributed by atoms with E-state index in [1.807, 2.05) is 6.92 Å². The molecule has 68 valence electrons. The van der Waals surface area contributed by atoms with Gasteiger partial charge in [-0.25, -0.2) is 0 Å². The lowest BCUT2D eigenvalue weighted by molar-refractivity contribution is -0.126. The molecule has 1 aliphatic rings. The Labute approximate surface area is 72.5 Å². The molecule has 2 atom stereocenters. The Balaban J connectivity index is 2.66. The van der Waals surface area contributed by atoms with Gasteiger partial charge in [-0.05, 0) is 12.8 Å². The van der Waals surface area contributed by atoms with Crippen molar-refractivity contribution in [2.75, 3.05) is 6.61 Å². The summed E-state index contributed by atoms with van der Waals surface area (Å²) in [6.45, 7) is 5.54. The standard InChI is InChI=1S/C9H15NO2/c1-3-4-9(2)5-7(6-11)10-8(9)12/h3,7,11H,1,4-6H2,2H3,(H,10,12)/t7-,9-/m0/s1. The molecular formula is C9H15NO2. The first-order chi connectivity index (χ1) is 5.62. The van der Waals surface area contributed by atoms with E-state index in [4.69, 9.17) is 5.11 Å². The van der Waals surface area contributed by atoms with Crippen molar-refractivity contribution in [1.82, 2.24) is 5.32 Å². The average Bonchev–Trinajstić information content (AvgIpc) is 2.29. The SMILES string of the molecule is C=CC[C@@]1(C)C[C@@H](CO)NC1=O. The first kappa shape index (κ1) is 9.26. The fourth-order valence-corrected chi connectivity index (χ4v) is 1.65. The quantitative estimate of drug-likeness (QED) is 0.603. The average molecular weight is 169 g/mol. The molecule has 3 heteroatoms. The van der Waals surface area contributed by atoms with E-state index in [1.165, 1.54) is 0 Å². The van der Waals surface area contributed by atoms with Gasteiger partial charge in [-0.2, -0.15) is 0 Å². The summed E-state index contributed by atoms with van der Waals surface area (Å²) in [6.07, 6.45) is 3.13. The molecule has 1 fully saturated rings. The maximum atomic E-state index is 11.4. The second-order valence-electron chi connectivity index (χ2n) is 3.61. The van der Waals surface area contributed by atoms with Gasteiger partial charge >= 0.3 is 0 Å². The van der Waals surface area contributed by atoms with E-state index in [0.717, 1.165) is 0 Å². The highest BCUT2D eigenvalue weighted by Crippen LogP contribution is 2.33. The van der Waals surface area contributed by atoms with Gasteiger partial charge in [0, 0.05) is 0 Å². The van der Waals surface area contributed by atoms with Crippen LogP contribution in [0.1, 0.15) is 19.8 Å². The molecular weight excluding hydrogens is 154 g/mol. The largest absolute Gasteiger partial charge is 0.394 e. The van der Waals surface area contributed by atoms with E-state index in [0.29, 0.717) is 12.8 Å². The van der Waals surface area contributed by atoms with E-state index in [1.54, 1.807) is 6.08 Å². The molecule has 0 unspecified atom stereocenters. The van der Waals surface area contributed by atoms with Gasteiger partial charge in [-0.15, -0.1) is 6.58 Å². The minimum atomic E-state index is -0.352. The predicted octanol–water partition coefficient (Wildman–Crippen LogP) is 0.450. The second-order valence-corrected chi connectivity index (χ2v) is 3.61. The summed E-state index contributed by atoms with van der Waals surface area (Å²) in [5.41, 5.74) is -0.352. The van der Waals surface area contributed by atoms with Crippen LogP contribution in [0, 0.1) is 5.41 Å². The summed E-state index contributed by atoms with van der Waals surface area (Å²) in [6, 6.07) is -0.0672. The number of carbonyl (C=O) groups excluding carboxylic acids is 1. The monoisotopic (exact) mass is 169 g/mol. The van der Waals surface area contributed by atoms with Crippen LogP contribution >= 0.6 is 0 Å². The molecule has 0 spiro atoms. The molecule has 1 rings (SSSR count). The van der Waals surface area contributed by atoms with E-state index >= 15 is 0 Å². The Bertz CT molecular complexity index is 203. The number of hydrogen-bond acceptors (Lipinski definition) is 2. The summed E-state index contributed by atoms with van der Waals surface area (Å²) >= 11 is 0. The number of carbonyl (C=O) groups is 1. The zero-order chi connectivity index (χ0) is 9.19. The molecule has 0 saturated carbocycles. The topological polar surface area (TPSA) is 49.3 Å². The highest BCUT2D eigenvalue weighted by Gasteiger charge is 2.41. The van der Waals surface area contributed by atoms with Gasteiger partial charge in [0.05, 0.1) is 18.1 Å². The molecule has 1 amide bonds. The van der Waals surface area contributed by atoms with Crippen molar-refractivity contribution in [3.05, 3.63) is 12.7 Å². The first-order valence-corrected chi connectivity index (χ1v) is 4.15. The fraction of sp³-hybridized carbons (Fsp3) is 0.667. The van der Waals surface area contributed by atoms with Crippen molar-refractivity contribution >= 4 is 5.91 Å². The molecule has 2 N–H and O–H groups in total. The Morgan fingerprint density at radius 3 is 3.00 bits per heavy atom. The van der Waals surface area contributed by atoms with Crippen LogP contribution in [0.2, 0.25) is 0 Å². The molecule has 0 aliphatic carbocycles. The van der Waals surface area contributed by atoms with Crippen LogP contribution < -0.4 is 5.32 Å². The lowest BCUT2D eigenvalue weighted by atomic mass is 9.84. The minimum Gasteiger partial charge on any atom is -0.394 e. The smallest absolute Gasteiger partial charge is 0.226 e. The van der Waals surface area contributed by atoms with E-state index in [2.05, 4.69) is 11.9 Å². The molecule has 12 heavy (non-hydrogen) atoms. The van der Waals surface area contributed by atoms with Crippen LogP contribution in [0.25, 0.3) is 0 Å². The van der Waals surface area contributed by atoms with Crippen LogP contribution in [-0.2, 0) is 4.79 Å². The first-order valence-electron chi connectivity index (χ1n) is 4.15. The number of hydrogen-bond donors (Lipinski definition) is 2. The molecule has 0 aromatic rings. The molecule has 0 aromatic heterocycles. The van der Waals surface area contributed by atoms with Crippen molar-refractivity contribution in [1.29, 1.82) is 0 Å². The van der Waals surface area contributed by atoms with Crippen LogP contribution in [-0.4, -0.2) is 23.7 Å². The van der Waals surface area contributed by atoms with E-state index in [9.17, 15) is 4.79 Å². The van der Waals surface area contributed by atoms with Crippen molar-refractivity contribution in [3.63, 3.8) is 0 Å². The molecule has 0 radical (unpaired) electrons. The second kappa shape index (κ2) is 3.27. The Morgan fingerprint density at radius 2 is 2.58 bits per heavy atom. The Morgan fingerprint density at radius 1 is 1.92 bits per heavy atom. The van der Waals surface area contributed by atoms with Gasteiger partial charge in [-0.1, -0.05) is 13.0 Å². The van der Waals surface area contributed by atoms with Gasteiger partial charge < -0.3 is 10.4 Å². The van der Waals surface area contributed by atoms with E-state index in [-0.39, 0.29) is 24.0 Å². The molecule has 0 bridgehead atoms. The summed E-state index contributed by atoms with van der Waals surface area (Å²) < 4.78 is 0. The maximum absolute atomic E-state index is 11.4. The minimum absolute atomic E-state index is 0.0263. The van der Waals surface area contributed by atoms with E-state index < -0.39 is 0 Å².